The lowest BCUT2D eigenvalue weighted by molar-refractivity contribution is 0.513. The Labute approximate surface area is 92.3 Å². The van der Waals surface area contributed by atoms with Crippen LogP contribution in [0.2, 0.25) is 5.15 Å². The van der Waals surface area contributed by atoms with E-state index in [1.165, 1.54) is 0 Å². The molecule has 0 bridgehead atoms. The maximum Gasteiger partial charge on any atom is 0.151 e. The molecular weight excluding hydrogens is 214 g/mol. The first kappa shape index (κ1) is 9.98. The summed E-state index contributed by atoms with van der Waals surface area (Å²) in [5.74, 6) is 1.66. The van der Waals surface area contributed by atoms with E-state index in [0.29, 0.717) is 11.0 Å². The molecule has 0 aliphatic carbocycles. The zero-order valence-corrected chi connectivity index (χ0v) is 8.74. The SMILES string of the molecule is Clc1ccc(NCCc2ccco2)nn1. The fourth-order valence-electron chi connectivity index (χ4n) is 1.18. The highest BCUT2D eigenvalue weighted by Crippen LogP contribution is 2.06. The van der Waals surface area contributed by atoms with Gasteiger partial charge in [0.15, 0.2) is 5.15 Å². The number of anilines is 1. The first-order valence-electron chi connectivity index (χ1n) is 4.60. The Morgan fingerprint density at radius 1 is 1.27 bits per heavy atom. The Bertz CT molecular complexity index is 399. The Morgan fingerprint density at radius 2 is 2.20 bits per heavy atom. The molecule has 2 heterocycles. The fraction of sp³-hybridized carbons (Fsp3) is 0.200. The number of hydrogen-bond acceptors (Lipinski definition) is 4. The molecule has 0 unspecified atom stereocenters. The van der Waals surface area contributed by atoms with Crippen molar-refractivity contribution >= 4 is 17.4 Å². The number of rotatable bonds is 4. The molecule has 0 amide bonds. The molecule has 4 nitrogen and oxygen atoms in total. The van der Waals surface area contributed by atoms with Crippen LogP contribution >= 0.6 is 11.6 Å². The van der Waals surface area contributed by atoms with Crippen LogP contribution in [0.1, 0.15) is 5.76 Å². The van der Waals surface area contributed by atoms with E-state index >= 15 is 0 Å². The molecule has 0 fully saturated rings. The van der Waals surface area contributed by atoms with Crippen LogP contribution in [0, 0.1) is 0 Å². The van der Waals surface area contributed by atoms with Crippen LogP contribution in [0.15, 0.2) is 34.9 Å². The van der Waals surface area contributed by atoms with E-state index < -0.39 is 0 Å². The van der Waals surface area contributed by atoms with Gasteiger partial charge in [-0.2, -0.15) is 0 Å². The summed E-state index contributed by atoms with van der Waals surface area (Å²) in [7, 11) is 0. The smallest absolute Gasteiger partial charge is 0.151 e. The Balaban J connectivity index is 1.81. The van der Waals surface area contributed by atoms with Crippen molar-refractivity contribution in [3.8, 4) is 0 Å². The zero-order chi connectivity index (χ0) is 10.5. The van der Waals surface area contributed by atoms with Gasteiger partial charge in [-0.15, -0.1) is 10.2 Å². The van der Waals surface area contributed by atoms with Crippen molar-refractivity contribution in [3.63, 3.8) is 0 Å². The molecule has 2 aromatic rings. The number of hydrogen-bond donors (Lipinski definition) is 1. The predicted octanol–water partition coefficient (Wildman–Crippen LogP) is 2.38. The van der Waals surface area contributed by atoms with Gasteiger partial charge in [0.1, 0.15) is 11.6 Å². The predicted molar refractivity (Wildman–Crippen MR) is 57.9 cm³/mol. The third kappa shape index (κ3) is 2.95. The maximum atomic E-state index is 5.61. The number of nitrogens with zero attached hydrogens (tertiary/aromatic N) is 2. The molecule has 0 spiro atoms. The van der Waals surface area contributed by atoms with Crippen LogP contribution in [-0.2, 0) is 6.42 Å². The van der Waals surface area contributed by atoms with E-state index in [9.17, 15) is 0 Å². The van der Waals surface area contributed by atoms with Crippen molar-refractivity contribution in [2.45, 2.75) is 6.42 Å². The van der Waals surface area contributed by atoms with E-state index in [2.05, 4.69) is 15.5 Å². The number of halogens is 1. The normalized spacial score (nSPS) is 10.2. The van der Waals surface area contributed by atoms with Gasteiger partial charge in [-0.25, -0.2) is 0 Å². The van der Waals surface area contributed by atoms with Gasteiger partial charge in [-0.3, -0.25) is 0 Å². The molecule has 0 aromatic carbocycles. The lowest BCUT2D eigenvalue weighted by Gasteiger charge is -2.02. The van der Waals surface area contributed by atoms with Gasteiger partial charge in [0.25, 0.3) is 0 Å². The molecule has 0 atom stereocenters. The lowest BCUT2D eigenvalue weighted by atomic mass is 10.3. The summed E-state index contributed by atoms with van der Waals surface area (Å²) in [5.41, 5.74) is 0. The molecule has 2 aromatic heterocycles. The van der Waals surface area contributed by atoms with Crippen LogP contribution in [0.5, 0.6) is 0 Å². The minimum absolute atomic E-state index is 0.395. The zero-order valence-electron chi connectivity index (χ0n) is 7.98. The van der Waals surface area contributed by atoms with Gasteiger partial charge < -0.3 is 9.73 Å². The molecular formula is C10H10ClN3O. The highest BCUT2D eigenvalue weighted by atomic mass is 35.5. The quantitative estimate of drug-likeness (QED) is 0.865. The van der Waals surface area contributed by atoms with Crippen molar-refractivity contribution < 1.29 is 4.42 Å². The third-order valence-electron chi connectivity index (χ3n) is 1.89. The number of nitrogens with one attached hydrogen (secondary N) is 1. The van der Waals surface area contributed by atoms with E-state index in [0.717, 1.165) is 18.7 Å². The second-order valence-electron chi connectivity index (χ2n) is 3.00. The highest BCUT2D eigenvalue weighted by Gasteiger charge is 1.97. The summed E-state index contributed by atoms with van der Waals surface area (Å²) in [5, 5.41) is 11.1. The average molecular weight is 224 g/mol. The van der Waals surface area contributed by atoms with Gasteiger partial charge in [0.2, 0.25) is 0 Å². The monoisotopic (exact) mass is 223 g/mol. The van der Waals surface area contributed by atoms with E-state index in [1.807, 2.05) is 12.1 Å². The molecule has 0 radical (unpaired) electrons. The highest BCUT2D eigenvalue weighted by molar-refractivity contribution is 6.29. The molecule has 5 heteroatoms. The van der Waals surface area contributed by atoms with Crippen LogP contribution in [0.4, 0.5) is 5.82 Å². The summed E-state index contributed by atoms with van der Waals surface area (Å²) in [4.78, 5) is 0. The van der Waals surface area contributed by atoms with Crippen molar-refractivity contribution in [1.82, 2.24) is 10.2 Å². The van der Waals surface area contributed by atoms with E-state index in [4.69, 9.17) is 16.0 Å². The molecule has 0 saturated heterocycles. The molecule has 78 valence electrons. The van der Waals surface area contributed by atoms with Crippen molar-refractivity contribution in [1.29, 1.82) is 0 Å². The second kappa shape index (κ2) is 4.79. The minimum Gasteiger partial charge on any atom is -0.469 e. The van der Waals surface area contributed by atoms with Gasteiger partial charge in [-0.1, -0.05) is 11.6 Å². The molecule has 1 N–H and O–H groups in total. The molecule has 15 heavy (non-hydrogen) atoms. The van der Waals surface area contributed by atoms with Crippen molar-refractivity contribution in [2.75, 3.05) is 11.9 Å². The summed E-state index contributed by atoms with van der Waals surface area (Å²) in [6.07, 6.45) is 2.48. The van der Waals surface area contributed by atoms with E-state index in [1.54, 1.807) is 18.4 Å². The molecule has 0 saturated carbocycles. The maximum absolute atomic E-state index is 5.61. The fourth-order valence-corrected chi connectivity index (χ4v) is 1.28. The molecule has 0 aliphatic heterocycles. The summed E-state index contributed by atoms with van der Waals surface area (Å²) in [6, 6.07) is 7.30. The van der Waals surface area contributed by atoms with Crippen LogP contribution in [0.3, 0.4) is 0 Å². The summed E-state index contributed by atoms with van der Waals surface area (Å²) < 4.78 is 5.19. The van der Waals surface area contributed by atoms with Crippen molar-refractivity contribution in [2.24, 2.45) is 0 Å². The first-order valence-corrected chi connectivity index (χ1v) is 4.98. The topological polar surface area (TPSA) is 51.0 Å². The molecule has 2 rings (SSSR count). The Hall–Kier alpha value is -1.55. The first-order chi connectivity index (χ1) is 7.34. The minimum atomic E-state index is 0.395. The standard InChI is InChI=1S/C10H10ClN3O/c11-9-3-4-10(14-13-9)12-6-5-8-2-1-7-15-8/h1-4,7H,5-6H2,(H,12,14). The van der Waals surface area contributed by atoms with Crippen molar-refractivity contribution in [3.05, 3.63) is 41.4 Å². The lowest BCUT2D eigenvalue weighted by Crippen LogP contribution is -2.06. The van der Waals surface area contributed by atoms with Gasteiger partial charge in [-0.05, 0) is 24.3 Å². The van der Waals surface area contributed by atoms with Crippen LogP contribution in [0.25, 0.3) is 0 Å². The average Bonchev–Trinajstić information content (AvgIpc) is 2.74. The third-order valence-corrected chi connectivity index (χ3v) is 2.09. The number of aromatic nitrogens is 2. The van der Waals surface area contributed by atoms with Gasteiger partial charge in [0.05, 0.1) is 6.26 Å². The Morgan fingerprint density at radius 3 is 2.87 bits per heavy atom. The van der Waals surface area contributed by atoms with Crippen LogP contribution in [-0.4, -0.2) is 16.7 Å². The van der Waals surface area contributed by atoms with Crippen LogP contribution < -0.4 is 5.32 Å². The summed E-state index contributed by atoms with van der Waals surface area (Å²) in [6.45, 7) is 0.754. The second-order valence-corrected chi connectivity index (χ2v) is 3.38. The summed E-state index contributed by atoms with van der Waals surface area (Å²) >= 11 is 5.61. The largest absolute Gasteiger partial charge is 0.469 e. The van der Waals surface area contributed by atoms with Gasteiger partial charge in [0, 0.05) is 13.0 Å². The van der Waals surface area contributed by atoms with Gasteiger partial charge >= 0.3 is 0 Å². The number of furan rings is 1. The van der Waals surface area contributed by atoms with E-state index in [-0.39, 0.29) is 0 Å². The molecule has 0 aliphatic rings. The Kier molecular flexibility index (Phi) is 3.19.